The van der Waals surface area contributed by atoms with Gasteiger partial charge in [-0.15, -0.1) is 0 Å². The van der Waals surface area contributed by atoms with Crippen LogP contribution in [0.2, 0.25) is 0 Å². The van der Waals surface area contributed by atoms with Crippen LogP contribution in [0.5, 0.6) is 0 Å². The van der Waals surface area contributed by atoms with Crippen LogP contribution >= 0.6 is 0 Å². The molecule has 9 heteroatoms. The zero-order valence-corrected chi connectivity index (χ0v) is 13.3. The van der Waals surface area contributed by atoms with Gasteiger partial charge in [0.25, 0.3) is 0 Å². The average molecular weight is 332 g/mol. The molecule has 1 amide bonds. The Morgan fingerprint density at radius 2 is 1.96 bits per heavy atom. The van der Waals surface area contributed by atoms with E-state index in [9.17, 15) is 19.8 Å². The summed E-state index contributed by atoms with van der Waals surface area (Å²) in [7, 11) is 0. The average Bonchev–Trinajstić information content (AvgIpc) is 2.45. The predicted molar refractivity (Wildman–Crippen MR) is 79.4 cm³/mol. The topological polar surface area (TPSA) is 148 Å². The molecule has 132 valence electrons. The molecule has 1 heterocycles. The minimum absolute atomic E-state index is 0.0405. The Bertz CT molecular complexity index is 466. The Kier molecular flexibility index (Phi) is 6.95. The monoisotopic (exact) mass is 332 g/mol. The van der Waals surface area contributed by atoms with Gasteiger partial charge in [0.05, 0.1) is 18.7 Å². The first-order valence-electron chi connectivity index (χ1n) is 7.29. The van der Waals surface area contributed by atoms with Crippen molar-refractivity contribution in [3.05, 3.63) is 11.8 Å². The summed E-state index contributed by atoms with van der Waals surface area (Å²) in [6.07, 6.45) is -3.06. The third kappa shape index (κ3) is 5.17. The standard InChI is InChI=1S/C14H24N2O7/c1-6(2)15-8-4-10(14(21)22)23-13(11(8)16-7(3)18)12(20)9(19)5-17/h4,6,8-9,11-13,15,17,19-20H,5H2,1-3H3,(H,16,18)(H,21,22)/t8-,9+,11+,12+,13+/m0/s1. The summed E-state index contributed by atoms with van der Waals surface area (Å²) in [5, 5.41) is 43.6. The Balaban J connectivity index is 3.19. The molecule has 0 aliphatic carbocycles. The molecule has 0 unspecified atom stereocenters. The lowest BCUT2D eigenvalue weighted by Crippen LogP contribution is -2.63. The van der Waals surface area contributed by atoms with Crippen LogP contribution in [0.4, 0.5) is 0 Å². The summed E-state index contributed by atoms with van der Waals surface area (Å²) in [5.74, 6) is -2.14. The van der Waals surface area contributed by atoms with E-state index in [0.29, 0.717) is 0 Å². The van der Waals surface area contributed by atoms with Gasteiger partial charge in [0.2, 0.25) is 11.7 Å². The molecule has 5 atom stereocenters. The van der Waals surface area contributed by atoms with Crippen molar-refractivity contribution in [3.8, 4) is 0 Å². The van der Waals surface area contributed by atoms with E-state index < -0.39 is 54.6 Å². The number of hydrogen-bond donors (Lipinski definition) is 6. The van der Waals surface area contributed by atoms with E-state index >= 15 is 0 Å². The van der Waals surface area contributed by atoms with E-state index in [1.54, 1.807) is 0 Å². The van der Waals surface area contributed by atoms with Gasteiger partial charge in [-0.05, 0) is 6.08 Å². The highest BCUT2D eigenvalue weighted by molar-refractivity contribution is 5.84. The van der Waals surface area contributed by atoms with Gasteiger partial charge in [0.1, 0.15) is 18.3 Å². The van der Waals surface area contributed by atoms with Gasteiger partial charge < -0.3 is 35.8 Å². The zero-order chi connectivity index (χ0) is 17.7. The lowest BCUT2D eigenvalue weighted by Gasteiger charge is -2.40. The van der Waals surface area contributed by atoms with E-state index in [0.717, 1.165) is 0 Å². The maximum atomic E-state index is 11.4. The molecule has 0 saturated heterocycles. The van der Waals surface area contributed by atoms with Crippen LogP contribution in [0.25, 0.3) is 0 Å². The summed E-state index contributed by atoms with van der Waals surface area (Å²) in [4.78, 5) is 22.7. The lowest BCUT2D eigenvalue weighted by molar-refractivity contribution is -0.146. The van der Waals surface area contributed by atoms with Gasteiger partial charge in [-0.3, -0.25) is 4.79 Å². The summed E-state index contributed by atoms with van der Waals surface area (Å²) in [6, 6.07) is -1.50. The third-order valence-corrected chi connectivity index (χ3v) is 3.36. The molecule has 0 saturated carbocycles. The fourth-order valence-corrected chi connectivity index (χ4v) is 2.40. The number of carboxylic acids is 1. The fraction of sp³-hybridized carbons (Fsp3) is 0.714. The maximum Gasteiger partial charge on any atom is 0.370 e. The van der Waals surface area contributed by atoms with Crippen molar-refractivity contribution in [2.45, 2.75) is 57.2 Å². The quantitative estimate of drug-likeness (QED) is 0.312. The van der Waals surface area contributed by atoms with E-state index in [1.165, 1.54) is 13.0 Å². The summed E-state index contributed by atoms with van der Waals surface area (Å²) in [6.45, 7) is 4.21. The molecule has 0 bridgehead atoms. The molecule has 1 aliphatic rings. The molecule has 0 aromatic rings. The number of carbonyl (C=O) groups excluding carboxylic acids is 1. The van der Waals surface area contributed by atoms with Gasteiger partial charge in [-0.2, -0.15) is 0 Å². The number of amides is 1. The van der Waals surface area contributed by atoms with Crippen LogP contribution in [-0.4, -0.2) is 75.3 Å². The van der Waals surface area contributed by atoms with Crippen molar-refractivity contribution in [2.24, 2.45) is 0 Å². The Hall–Kier alpha value is -1.68. The van der Waals surface area contributed by atoms with Gasteiger partial charge in [-0.25, -0.2) is 4.79 Å². The molecule has 1 rings (SSSR count). The van der Waals surface area contributed by atoms with E-state index in [2.05, 4.69) is 10.6 Å². The van der Waals surface area contributed by atoms with Gasteiger partial charge in [-0.1, -0.05) is 13.8 Å². The van der Waals surface area contributed by atoms with Crippen LogP contribution in [0, 0.1) is 0 Å². The number of aliphatic carboxylic acids is 1. The van der Waals surface area contributed by atoms with Crippen molar-refractivity contribution in [3.63, 3.8) is 0 Å². The van der Waals surface area contributed by atoms with Crippen molar-refractivity contribution >= 4 is 11.9 Å². The van der Waals surface area contributed by atoms with Crippen LogP contribution in [-0.2, 0) is 14.3 Å². The molecule has 9 nitrogen and oxygen atoms in total. The van der Waals surface area contributed by atoms with E-state index in [1.807, 2.05) is 13.8 Å². The van der Waals surface area contributed by atoms with Crippen LogP contribution in [0.1, 0.15) is 20.8 Å². The molecule has 0 spiro atoms. The second-order valence-corrected chi connectivity index (χ2v) is 5.73. The van der Waals surface area contributed by atoms with Crippen molar-refractivity contribution in [2.75, 3.05) is 6.61 Å². The zero-order valence-electron chi connectivity index (χ0n) is 13.3. The number of carboxylic acid groups (broad SMARTS) is 1. The molecular weight excluding hydrogens is 308 g/mol. The first kappa shape index (κ1) is 19.4. The predicted octanol–water partition coefficient (Wildman–Crippen LogP) is -2.06. The number of aliphatic hydroxyl groups is 3. The van der Waals surface area contributed by atoms with Crippen LogP contribution in [0.3, 0.4) is 0 Å². The van der Waals surface area contributed by atoms with Gasteiger partial charge in [0, 0.05) is 13.0 Å². The van der Waals surface area contributed by atoms with Gasteiger partial charge >= 0.3 is 5.97 Å². The number of aliphatic hydroxyl groups excluding tert-OH is 3. The molecule has 1 aliphatic heterocycles. The normalized spacial score (nSPS) is 26.9. The summed E-state index contributed by atoms with van der Waals surface area (Å²) in [5.41, 5.74) is 0. The molecule has 0 aromatic carbocycles. The second-order valence-electron chi connectivity index (χ2n) is 5.73. The van der Waals surface area contributed by atoms with E-state index in [-0.39, 0.29) is 6.04 Å². The van der Waals surface area contributed by atoms with Crippen LogP contribution < -0.4 is 10.6 Å². The van der Waals surface area contributed by atoms with Crippen molar-refractivity contribution < 1.29 is 34.8 Å². The SMILES string of the molecule is CC(=O)N[C@H]1[C@H]([C@H](O)[C@H](O)CO)OC(C(=O)O)=C[C@@H]1NC(C)C. The highest BCUT2D eigenvalue weighted by atomic mass is 16.5. The molecule has 6 N–H and O–H groups in total. The molecular formula is C14H24N2O7. The Morgan fingerprint density at radius 1 is 1.35 bits per heavy atom. The second kappa shape index (κ2) is 8.25. The number of ether oxygens (including phenoxy) is 1. The smallest absolute Gasteiger partial charge is 0.370 e. The largest absolute Gasteiger partial charge is 0.478 e. The number of hydrogen-bond acceptors (Lipinski definition) is 7. The van der Waals surface area contributed by atoms with Crippen LogP contribution in [0.15, 0.2) is 11.8 Å². The summed E-state index contributed by atoms with van der Waals surface area (Å²) >= 11 is 0. The first-order valence-corrected chi connectivity index (χ1v) is 7.29. The Labute approximate surface area is 134 Å². The highest BCUT2D eigenvalue weighted by Gasteiger charge is 2.43. The number of rotatable bonds is 7. The first-order chi connectivity index (χ1) is 10.7. The molecule has 0 aromatic heterocycles. The minimum Gasteiger partial charge on any atom is -0.478 e. The molecule has 0 radical (unpaired) electrons. The maximum absolute atomic E-state index is 11.4. The Morgan fingerprint density at radius 3 is 2.39 bits per heavy atom. The fourth-order valence-electron chi connectivity index (χ4n) is 2.40. The minimum atomic E-state index is -1.59. The van der Waals surface area contributed by atoms with Crippen molar-refractivity contribution in [1.29, 1.82) is 0 Å². The summed E-state index contributed by atoms with van der Waals surface area (Å²) < 4.78 is 5.24. The molecule has 23 heavy (non-hydrogen) atoms. The van der Waals surface area contributed by atoms with E-state index in [4.69, 9.17) is 14.9 Å². The molecule has 0 fully saturated rings. The lowest BCUT2D eigenvalue weighted by atomic mass is 9.91. The highest BCUT2D eigenvalue weighted by Crippen LogP contribution is 2.23. The number of nitrogens with one attached hydrogen (secondary N) is 2. The number of carbonyl (C=O) groups is 2. The van der Waals surface area contributed by atoms with Gasteiger partial charge in [0.15, 0.2) is 0 Å². The van der Waals surface area contributed by atoms with Crippen molar-refractivity contribution in [1.82, 2.24) is 10.6 Å². The third-order valence-electron chi connectivity index (χ3n) is 3.36.